The second-order valence-corrected chi connectivity index (χ2v) is 4.96. The summed E-state index contributed by atoms with van der Waals surface area (Å²) in [6, 6.07) is 6.79. The number of hydrogen-bond donors (Lipinski definition) is 3. The van der Waals surface area contributed by atoms with Gasteiger partial charge in [-0.05, 0) is 30.5 Å². The summed E-state index contributed by atoms with van der Waals surface area (Å²) in [6.45, 7) is 2.70. The second-order valence-electron chi connectivity index (χ2n) is 4.96. The highest BCUT2D eigenvalue weighted by Crippen LogP contribution is 2.25. The van der Waals surface area contributed by atoms with Crippen LogP contribution in [0.4, 0.5) is 5.82 Å². The van der Waals surface area contributed by atoms with Crippen molar-refractivity contribution in [3.63, 3.8) is 0 Å². The number of aromatic hydroxyl groups is 2. The quantitative estimate of drug-likeness (QED) is 0.621. The summed E-state index contributed by atoms with van der Waals surface area (Å²) < 4.78 is 1.66. The van der Waals surface area contributed by atoms with Crippen molar-refractivity contribution in [2.75, 3.05) is 11.9 Å². The smallest absolute Gasteiger partial charge is 0.254 e. The molecule has 0 amide bonds. The van der Waals surface area contributed by atoms with Gasteiger partial charge < -0.3 is 15.5 Å². The van der Waals surface area contributed by atoms with Crippen LogP contribution in [0.5, 0.6) is 11.5 Å². The van der Waals surface area contributed by atoms with Crippen LogP contribution in [0.3, 0.4) is 0 Å². The van der Waals surface area contributed by atoms with Crippen LogP contribution in [-0.2, 0) is 12.8 Å². The molecule has 0 saturated heterocycles. The molecule has 3 rings (SSSR count). The predicted octanol–water partition coefficient (Wildman–Crippen LogP) is 1.75. The Hall–Kier alpha value is -2.83. The van der Waals surface area contributed by atoms with Gasteiger partial charge in [0.1, 0.15) is 12.1 Å². The first kappa shape index (κ1) is 14.1. The minimum atomic E-state index is -0.109. The van der Waals surface area contributed by atoms with E-state index in [2.05, 4.69) is 20.4 Å². The molecule has 3 N–H and O–H groups in total. The van der Waals surface area contributed by atoms with Gasteiger partial charge in [0.2, 0.25) is 0 Å². The van der Waals surface area contributed by atoms with Crippen LogP contribution in [-0.4, -0.2) is 36.3 Å². The number of aromatic nitrogens is 4. The van der Waals surface area contributed by atoms with Crippen LogP contribution in [0, 0.1) is 0 Å². The van der Waals surface area contributed by atoms with Crippen molar-refractivity contribution in [1.82, 2.24) is 19.6 Å². The molecular weight excluding hydrogens is 282 g/mol. The lowest BCUT2D eigenvalue weighted by molar-refractivity contribution is 0.403. The molecule has 0 unspecified atom stereocenters. The van der Waals surface area contributed by atoms with E-state index in [1.54, 1.807) is 16.6 Å². The van der Waals surface area contributed by atoms with Gasteiger partial charge in [-0.15, -0.1) is 0 Å². The molecule has 0 atom stereocenters. The number of anilines is 1. The number of phenols is 2. The molecule has 0 aliphatic rings. The molecule has 0 bridgehead atoms. The Morgan fingerprint density at radius 3 is 2.82 bits per heavy atom. The summed E-state index contributed by atoms with van der Waals surface area (Å²) in [5.41, 5.74) is 1.88. The molecule has 0 spiro atoms. The Labute approximate surface area is 127 Å². The van der Waals surface area contributed by atoms with E-state index in [1.165, 1.54) is 12.4 Å². The van der Waals surface area contributed by atoms with Crippen LogP contribution in [0.15, 0.2) is 30.6 Å². The minimum absolute atomic E-state index is 0.103. The number of nitrogens with one attached hydrogen (secondary N) is 1. The van der Waals surface area contributed by atoms with Crippen molar-refractivity contribution < 1.29 is 10.2 Å². The topological polar surface area (TPSA) is 95.6 Å². The predicted molar refractivity (Wildman–Crippen MR) is 82.1 cm³/mol. The van der Waals surface area contributed by atoms with Crippen molar-refractivity contribution in [2.24, 2.45) is 0 Å². The first-order valence-electron chi connectivity index (χ1n) is 7.11. The molecule has 2 aromatic heterocycles. The maximum atomic E-state index is 9.50. The summed E-state index contributed by atoms with van der Waals surface area (Å²) in [4.78, 5) is 8.51. The number of phenolic OH excluding ortho intramolecular Hbond substituents is 2. The summed E-state index contributed by atoms with van der Waals surface area (Å²) in [7, 11) is 0. The second kappa shape index (κ2) is 5.88. The van der Waals surface area contributed by atoms with Crippen molar-refractivity contribution in [3.8, 4) is 11.5 Å². The van der Waals surface area contributed by atoms with E-state index < -0.39 is 0 Å². The zero-order chi connectivity index (χ0) is 15.5. The molecule has 7 heteroatoms. The molecule has 0 aliphatic carbocycles. The number of benzene rings is 1. The lowest BCUT2D eigenvalue weighted by Gasteiger charge is -2.09. The van der Waals surface area contributed by atoms with E-state index in [-0.39, 0.29) is 11.5 Å². The first-order chi connectivity index (χ1) is 10.7. The van der Waals surface area contributed by atoms with Gasteiger partial charge in [-0.3, -0.25) is 0 Å². The molecule has 0 aliphatic heterocycles. The molecule has 3 aromatic rings. The van der Waals surface area contributed by atoms with Crippen molar-refractivity contribution in [3.05, 3.63) is 41.9 Å². The summed E-state index contributed by atoms with van der Waals surface area (Å²) in [5, 5.41) is 26.3. The average molecular weight is 299 g/mol. The van der Waals surface area contributed by atoms with Gasteiger partial charge in [0.25, 0.3) is 5.78 Å². The molecule has 0 radical (unpaired) electrons. The monoisotopic (exact) mass is 299 g/mol. The molecule has 2 heterocycles. The first-order valence-corrected chi connectivity index (χ1v) is 7.11. The standard InChI is InChI=1S/C15H17N5O2/c1-2-11-8-14(20-15(19-11)17-9-18-20)16-6-5-10-3-4-12(21)13(22)7-10/h3-4,7-9,16,21-22H,2,5-6H2,1H3. The van der Waals surface area contributed by atoms with Crippen LogP contribution in [0.2, 0.25) is 0 Å². The van der Waals surface area contributed by atoms with Gasteiger partial charge >= 0.3 is 0 Å². The third kappa shape index (κ3) is 2.78. The fourth-order valence-electron chi connectivity index (χ4n) is 2.23. The highest BCUT2D eigenvalue weighted by atomic mass is 16.3. The SMILES string of the molecule is CCc1cc(NCCc2ccc(O)c(O)c2)n2ncnc2n1. The summed E-state index contributed by atoms with van der Waals surface area (Å²) in [5.74, 6) is 1.20. The fraction of sp³-hybridized carbons (Fsp3) is 0.267. The van der Waals surface area contributed by atoms with E-state index in [1.807, 2.05) is 13.0 Å². The maximum absolute atomic E-state index is 9.50. The van der Waals surface area contributed by atoms with Crippen LogP contribution >= 0.6 is 0 Å². The lowest BCUT2D eigenvalue weighted by atomic mass is 10.1. The van der Waals surface area contributed by atoms with Gasteiger partial charge in [-0.2, -0.15) is 14.6 Å². The van der Waals surface area contributed by atoms with E-state index in [9.17, 15) is 10.2 Å². The van der Waals surface area contributed by atoms with Gasteiger partial charge in [0.05, 0.1) is 0 Å². The van der Waals surface area contributed by atoms with E-state index in [0.29, 0.717) is 18.7 Å². The molecule has 114 valence electrons. The Morgan fingerprint density at radius 2 is 2.05 bits per heavy atom. The van der Waals surface area contributed by atoms with Gasteiger partial charge in [-0.25, -0.2) is 4.98 Å². The lowest BCUT2D eigenvalue weighted by Crippen LogP contribution is -2.10. The highest BCUT2D eigenvalue weighted by Gasteiger charge is 2.07. The summed E-state index contributed by atoms with van der Waals surface area (Å²) >= 11 is 0. The van der Waals surface area contributed by atoms with Crippen LogP contribution < -0.4 is 5.32 Å². The van der Waals surface area contributed by atoms with Gasteiger partial charge in [0.15, 0.2) is 11.5 Å². The fourth-order valence-corrected chi connectivity index (χ4v) is 2.23. The molecule has 7 nitrogen and oxygen atoms in total. The number of hydrogen-bond acceptors (Lipinski definition) is 6. The van der Waals surface area contributed by atoms with Crippen LogP contribution in [0.1, 0.15) is 18.2 Å². The van der Waals surface area contributed by atoms with E-state index >= 15 is 0 Å². The molecule has 0 fully saturated rings. The average Bonchev–Trinajstić information content (AvgIpc) is 2.99. The van der Waals surface area contributed by atoms with Gasteiger partial charge in [0, 0.05) is 18.3 Å². The normalized spacial score (nSPS) is 11.0. The van der Waals surface area contributed by atoms with E-state index in [0.717, 1.165) is 23.5 Å². The highest BCUT2D eigenvalue weighted by molar-refractivity contribution is 5.45. The minimum Gasteiger partial charge on any atom is -0.504 e. The van der Waals surface area contributed by atoms with Crippen molar-refractivity contribution in [1.29, 1.82) is 0 Å². The zero-order valence-corrected chi connectivity index (χ0v) is 12.2. The summed E-state index contributed by atoms with van der Waals surface area (Å²) in [6.07, 6.45) is 3.00. The molecule has 22 heavy (non-hydrogen) atoms. The maximum Gasteiger partial charge on any atom is 0.254 e. The third-order valence-corrected chi connectivity index (χ3v) is 3.43. The van der Waals surface area contributed by atoms with Crippen molar-refractivity contribution in [2.45, 2.75) is 19.8 Å². The van der Waals surface area contributed by atoms with Crippen LogP contribution in [0.25, 0.3) is 5.78 Å². The largest absolute Gasteiger partial charge is 0.504 e. The number of nitrogens with zero attached hydrogens (tertiary/aromatic N) is 4. The Bertz CT molecular complexity index is 800. The zero-order valence-electron chi connectivity index (χ0n) is 12.2. The van der Waals surface area contributed by atoms with Crippen molar-refractivity contribution >= 4 is 11.6 Å². The molecular formula is C15H17N5O2. The molecule has 0 saturated carbocycles. The number of fused-ring (bicyclic) bond motifs is 1. The van der Waals surface area contributed by atoms with Gasteiger partial charge in [-0.1, -0.05) is 13.0 Å². The molecule has 1 aromatic carbocycles. The number of aryl methyl sites for hydroxylation is 1. The van der Waals surface area contributed by atoms with E-state index in [4.69, 9.17) is 0 Å². The Balaban J connectivity index is 1.73. The number of rotatable bonds is 5. The third-order valence-electron chi connectivity index (χ3n) is 3.43. The Morgan fingerprint density at radius 1 is 1.18 bits per heavy atom. The Kier molecular flexibility index (Phi) is 3.78.